The lowest BCUT2D eigenvalue weighted by Gasteiger charge is -2.16. The van der Waals surface area contributed by atoms with Crippen molar-refractivity contribution in [3.05, 3.63) is 0 Å². The van der Waals surface area contributed by atoms with Gasteiger partial charge >= 0.3 is 0 Å². The van der Waals surface area contributed by atoms with Crippen LogP contribution >= 0.6 is 0 Å². The SMILES string of the molecule is CC1CCCC(CCN(C)C)CC1. The molecule has 0 N–H and O–H groups in total. The summed E-state index contributed by atoms with van der Waals surface area (Å²) in [6, 6.07) is 0. The van der Waals surface area contributed by atoms with Crippen molar-refractivity contribution in [2.75, 3.05) is 20.6 Å². The van der Waals surface area contributed by atoms with Crippen LogP contribution in [0.15, 0.2) is 0 Å². The molecular weight excluding hydrogens is 158 g/mol. The van der Waals surface area contributed by atoms with Crippen LogP contribution in [0.2, 0.25) is 0 Å². The third-order valence-corrected chi connectivity index (χ3v) is 3.36. The van der Waals surface area contributed by atoms with E-state index in [1.54, 1.807) is 0 Å². The minimum absolute atomic E-state index is 0.990. The van der Waals surface area contributed by atoms with Crippen LogP contribution in [0.5, 0.6) is 0 Å². The van der Waals surface area contributed by atoms with Crippen LogP contribution in [0.25, 0.3) is 0 Å². The second-order valence-corrected chi connectivity index (χ2v) is 5.07. The fourth-order valence-electron chi connectivity index (χ4n) is 2.29. The van der Waals surface area contributed by atoms with Gasteiger partial charge in [0.15, 0.2) is 0 Å². The smallest absolute Gasteiger partial charge is 0.00222 e. The Morgan fingerprint density at radius 2 is 1.85 bits per heavy atom. The molecule has 1 nitrogen and oxygen atoms in total. The summed E-state index contributed by atoms with van der Waals surface area (Å²) in [4.78, 5) is 2.31. The van der Waals surface area contributed by atoms with Gasteiger partial charge in [-0.1, -0.05) is 39.0 Å². The molecule has 0 amide bonds. The molecule has 1 aliphatic carbocycles. The number of hydrogen-bond acceptors (Lipinski definition) is 1. The Morgan fingerprint density at radius 1 is 1.08 bits per heavy atom. The Balaban J connectivity index is 2.18. The van der Waals surface area contributed by atoms with E-state index in [1.165, 1.54) is 45.1 Å². The van der Waals surface area contributed by atoms with E-state index in [1.807, 2.05) is 0 Å². The van der Waals surface area contributed by atoms with Crippen molar-refractivity contribution in [1.29, 1.82) is 0 Å². The first-order valence-electron chi connectivity index (χ1n) is 5.83. The highest BCUT2D eigenvalue weighted by Crippen LogP contribution is 2.28. The predicted molar refractivity (Wildman–Crippen MR) is 58.9 cm³/mol. The highest BCUT2D eigenvalue weighted by atomic mass is 15.0. The molecule has 78 valence electrons. The third kappa shape index (κ3) is 4.66. The fraction of sp³-hybridized carbons (Fsp3) is 1.00. The summed E-state index contributed by atoms with van der Waals surface area (Å²) in [5.41, 5.74) is 0. The molecule has 0 bridgehead atoms. The molecule has 0 aromatic rings. The van der Waals surface area contributed by atoms with Crippen molar-refractivity contribution >= 4 is 0 Å². The monoisotopic (exact) mass is 183 g/mol. The zero-order chi connectivity index (χ0) is 9.68. The van der Waals surface area contributed by atoms with Gasteiger partial charge in [0.1, 0.15) is 0 Å². The Kier molecular flexibility index (Phi) is 4.79. The van der Waals surface area contributed by atoms with E-state index in [-0.39, 0.29) is 0 Å². The van der Waals surface area contributed by atoms with Gasteiger partial charge < -0.3 is 4.90 Å². The molecule has 0 aromatic heterocycles. The summed E-state index contributed by atoms with van der Waals surface area (Å²) in [5, 5.41) is 0. The maximum atomic E-state index is 2.41. The predicted octanol–water partition coefficient (Wildman–Crippen LogP) is 3.15. The molecule has 13 heavy (non-hydrogen) atoms. The molecule has 2 unspecified atom stereocenters. The highest BCUT2D eigenvalue weighted by Gasteiger charge is 2.15. The quantitative estimate of drug-likeness (QED) is 0.608. The lowest BCUT2D eigenvalue weighted by molar-refractivity contribution is 0.328. The van der Waals surface area contributed by atoms with E-state index in [2.05, 4.69) is 25.9 Å². The Labute approximate surface area is 83.5 Å². The van der Waals surface area contributed by atoms with Crippen molar-refractivity contribution in [2.45, 2.75) is 45.4 Å². The first-order valence-corrected chi connectivity index (χ1v) is 5.83. The molecule has 2 atom stereocenters. The molecule has 0 aliphatic heterocycles. The molecule has 1 saturated carbocycles. The van der Waals surface area contributed by atoms with E-state index in [0.717, 1.165) is 11.8 Å². The van der Waals surface area contributed by atoms with Crippen molar-refractivity contribution < 1.29 is 0 Å². The Bertz CT molecular complexity index is 131. The summed E-state index contributed by atoms with van der Waals surface area (Å²) in [6.45, 7) is 3.69. The van der Waals surface area contributed by atoms with E-state index in [0.29, 0.717) is 0 Å². The topological polar surface area (TPSA) is 3.24 Å². The highest BCUT2D eigenvalue weighted by molar-refractivity contribution is 4.68. The molecule has 1 aliphatic rings. The summed E-state index contributed by atoms with van der Waals surface area (Å²) in [7, 11) is 4.36. The van der Waals surface area contributed by atoms with Gasteiger partial charge in [-0.15, -0.1) is 0 Å². The zero-order valence-electron chi connectivity index (χ0n) is 9.55. The van der Waals surface area contributed by atoms with Crippen LogP contribution in [0.1, 0.15) is 45.4 Å². The van der Waals surface area contributed by atoms with E-state index >= 15 is 0 Å². The summed E-state index contributed by atoms with van der Waals surface area (Å²) in [6.07, 6.45) is 8.79. The molecule has 0 radical (unpaired) electrons. The first kappa shape index (κ1) is 11.0. The van der Waals surface area contributed by atoms with E-state index < -0.39 is 0 Å². The van der Waals surface area contributed by atoms with Crippen molar-refractivity contribution in [1.82, 2.24) is 4.90 Å². The maximum absolute atomic E-state index is 2.41. The number of nitrogens with zero attached hydrogens (tertiary/aromatic N) is 1. The van der Waals surface area contributed by atoms with Gasteiger partial charge in [-0.05, 0) is 38.9 Å². The van der Waals surface area contributed by atoms with E-state index in [4.69, 9.17) is 0 Å². The Morgan fingerprint density at radius 3 is 2.54 bits per heavy atom. The number of rotatable bonds is 3. The van der Waals surface area contributed by atoms with Crippen molar-refractivity contribution in [2.24, 2.45) is 11.8 Å². The lowest BCUT2D eigenvalue weighted by atomic mass is 9.96. The molecule has 1 heteroatoms. The van der Waals surface area contributed by atoms with Crippen molar-refractivity contribution in [3.8, 4) is 0 Å². The van der Waals surface area contributed by atoms with Gasteiger partial charge in [0, 0.05) is 0 Å². The normalized spacial score (nSPS) is 30.5. The van der Waals surface area contributed by atoms with Crippen LogP contribution in [-0.4, -0.2) is 25.5 Å². The van der Waals surface area contributed by atoms with Gasteiger partial charge in [-0.25, -0.2) is 0 Å². The average Bonchev–Trinajstić information content (AvgIpc) is 2.27. The van der Waals surface area contributed by atoms with Gasteiger partial charge in [-0.2, -0.15) is 0 Å². The maximum Gasteiger partial charge on any atom is -0.00222 e. The van der Waals surface area contributed by atoms with Crippen LogP contribution in [-0.2, 0) is 0 Å². The van der Waals surface area contributed by atoms with Gasteiger partial charge in [0.05, 0.1) is 0 Å². The molecule has 1 fully saturated rings. The minimum Gasteiger partial charge on any atom is -0.309 e. The molecule has 0 spiro atoms. The molecule has 0 aromatic carbocycles. The molecular formula is C12H25N. The fourth-order valence-corrected chi connectivity index (χ4v) is 2.29. The first-order chi connectivity index (χ1) is 6.18. The largest absolute Gasteiger partial charge is 0.309 e. The number of hydrogen-bond donors (Lipinski definition) is 0. The van der Waals surface area contributed by atoms with Gasteiger partial charge in [0.25, 0.3) is 0 Å². The summed E-state index contributed by atoms with van der Waals surface area (Å²) in [5.74, 6) is 2.01. The van der Waals surface area contributed by atoms with Crippen LogP contribution in [0.3, 0.4) is 0 Å². The third-order valence-electron chi connectivity index (χ3n) is 3.36. The summed E-state index contributed by atoms with van der Waals surface area (Å²) < 4.78 is 0. The summed E-state index contributed by atoms with van der Waals surface area (Å²) >= 11 is 0. The molecule has 1 rings (SSSR count). The van der Waals surface area contributed by atoms with Crippen LogP contribution < -0.4 is 0 Å². The van der Waals surface area contributed by atoms with Crippen LogP contribution in [0.4, 0.5) is 0 Å². The van der Waals surface area contributed by atoms with E-state index in [9.17, 15) is 0 Å². The molecule has 0 saturated heterocycles. The second-order valence-electron chi connectivity index (χ2n) is 5.07. The van der Waals surface area contributed by atoms with Gasteiger partial charge in [0.2, 0.25) is 0 Å². The standard InChI is InChI=1S/C12H25N/c1-11-5-4-6-12(8-7-11)9-10-13(2)3/h11-12H,4-10H2,1-3H3. The Hall–Kier alpha value is -0.0400. The van der Waals surface area contributed by atoms with Gasteiger partial charge in [-0.3, -0.25) is 0 Å². The minimum atomic E-state index is 0.990. The second kappa shape index (κ2) is 5.64. The van der Waals surface area contributed by atoms with Crippen LogP contribution in [0, 0.1) is 11.8 Å². The zero-order valence-corrected chi connectivity index (χ0v) is 9.55. The van der Waals surface area contributed by atoms with Crippen molar-refractivity contribution in [3.63, 3.8) is 0 Å². The molecule has 0 heterocycles. The lowest BCUT2D eigenvalue weighted by Crippen LogP contribution is -2.16. The average molecular weight is 183 g/mol.